The van der Waals surface area contributed by atoms with Gasteiger partial charge in [0.15, 0.2) is 0 Å². The maximum atomic E-state index is 10.6. The second-order valence-electron chi connectivity index (χ2n) is 5.72. The van der Waals surface area contributed by atoms with Crippen LogP contribution in [0.4, 0.5) is 0 Å². The third-order valence-corrected chi connectivity index (χ3v) is 3.96. The molecule has 0 radical (unpaired) electrons. The molecule has 3 heteroatoms. The first kappa shape index (κ1) is 13.8. The summed E-state index contributed by atoms with van der Waals surface area (Å²) in [4.78, 5) is 12.9. The van der Waals surface area contributed by atoms with Gasteiger partial charge >= 0.3 is 5.97 Å². The van der Waals surface area contributed by atoms with Gasteiger partial charge in [-0.1, -0.05) is 54.6 Å². The zero-order chi connectivity index (χ0) is 14.7. The standard InChI is InChI=1S/C18H19NO2/c20-18(21)10-15-12-19(13-15)11-14-6-8-17(9-7-14)16-4-2-1-3-5-16/h1-9,15H,10-13H2,(H,20,21). The summed E-state index contributed by atoms with van der Waals surface area (Å²) in [5.41, 5.74) is 3.74. The molecule has 1 fully saturated rings. The minimum absolute atomic E-state index is 0.295. The SMILES string of the molecule is O=C(O)CC1CN(Cc2ccc(-c3ccccc3)cc2)C1. The molecule has 108 valence electrons. The lowest BCUT2D eigenvalue weighted by Crippen LogP contribution is -2.46. The van der Waals surface area contributed by atoms with Crippen LogP contribution in [0.25, 0.3) is 11.1 Å². The molecule has 0 spiro atoms. The smallest absolute Gasteiger partial charge is 0.303 e. The van der Waals surface area contributed by atoms with Crippen molar-refractivity contribution >= 4 is 5.97 Å². The van der Waals surface area contributed by atoms with Crippen LogP contribution in [-0.2, 0) is 11.3 Å². The third-order valence-electron chi connectivity index (χ3n) is 3.96. The number of aliphatic carboxylic acids is 1. The summed E-state index contributed by atoms with van der Waals surface area (Å²) in [6.07, 6.45) is 0.295. The average Bonchev–Trinajstić information content (AvgIpc) is 2.46. The molecule has 3 rings (SSSR count). The van der Waals surface area contributed by atoms with Gasteiger partial charge in [0.05, 0.1) is 6.42 Å². The highest BCUT2D eigenvalue weighted by Gasteiger charge is 2.28. The molecule has 0 aromatic heterocycles. The highest BCUT2D eigenvalue weighted by molar-refractivity contribution is 5.67. The Hall–Kier alpha value is -2.13. The summed E-state index contributed by atoms with van der Waals surface area (Å²) >= 11 is 0. The van der Waals surface area contributed by atoms with Crippen LogP contribution in [0.2, 0.25) is 0 Å². The molecule has 1 heterocycles. The summed E-state index contributed by atoms with van der Waals surface area (Å²) in [6, 6.07) is 19.0. The van der Waals surface area contributed by atoms with Gasteiger partial charge in [0.2, 0.25) is 0 Å². The molecule has 21 heavy (non-hydrogen) atoms. The fourth-order valence-corrected chi connectivity index (χ4v) is 2.87. The highest BCUT2D eigenvalue weighted by atomic mass is 16.4. The van der Waals surface area contributed by atoms with Gasteiger partial charge in [-0.25, -0.2) is 0 Å². The normalized spacial score (nSPS) is 15.6. The zero-order valence-electron chi connectivity index (χ0n) is 11.9. The van der Waals surface area contributed by atoms with Crippen molar-refractivity contribution in [2.24, 2.45) is 5.92 Å². The molecule has 1 aliphatic heterocycles. The number of nitrogens with zero attached hydrogens (tertiary/aromatic N) is 1. The number of carbonyl (C=O) groups is 1. The molecule has 0 saturated carbocycles. The number of likely N-dealkylation sites (tertiary alicyclic amines) is 1. The van der Waals surface area contributed by atoms with Crippen LogP contribution in [0.15, 0.2) is 54.6 Å². The van der Waals surface area contributed by atoms with E-state index in [2.05, 4.69) is 41.3 Å². The molecular formula is C18H19NO2. The van der Waals surface area contributed by atoms with Crippen LogP contribution in [0, 0.1) is 5.92 Å². The van der Waals surface area contributed by atoms with Crippen molar-refractivity contribution in [1.29, 1.82) is 0 Å². The van der Waals surface area contributed by atoms with Crippen molar-refractivity contribution in [3.63, 3.8) is 0 Å². The molecule has 0 aliphatic carbocycles. The Morgan fingerprint density at radius 2 is 1.62 bits per heavy atom. The van der Waals surface area contributed by atoms with Crippen LogP contribution in [-0.4, -0.2) is 29.1 Å². The molecule has 1 N–H and O–H groups in total. The lowest BCUT2D eigenvalue weighted by atomic mass is 9.95. The van der Waals surface area contributed by atoms with E-state index >= 15 is 0 Å². The molecule has 0 bridgehead atoms. The van der Waals surface area contributed by atoms with Crippen molar-refractivity contribution in [3.05, 3.63) is 60.2 Å². The Morgan fingerprint density at radius 1 is 1.00 bits per heavy atom. The van der Waals surface area contributed by atoms with Crippen LogP contribution in [0.5, 0.6) is 0 Å². The fraction of sp³-hybridized carbons (Fsp3) is 0.278. The van der Waals surface area contributed by atoms with E-state index in [1.807, 2.05) is 18.2 Å². The number of hydrogen-bond donors (Lipinski definition) is 1. The number of rotatable bonds is 5. The summed E-state index contributed by atoms with van der Waals surface area (Å²) in [5, 5.41) is 8.75. The molecule has 3 nitrogen and oxygen atoms in total. The minimum atomic E-state index is -0.688. The van der Waals surface area contributed by atoms with Crippen molar-refractivity contribution in [1.82, 2.24) is 4.90 Å². The summed E-state index contributed by atoms with van der Waals surface area (Å²) in [5.74, 6) is -0.363. The van der Waals surface area contributed by atoms with Gasteiger partial charge in [-0.2, -0.15) is 0 Å². The first-order chi connectivity index (χ1) is 10.2. The first-order valence-electron chi connectivity index (χ1n) is 7.29. The Balaban J connectivity index is 1.55. The predicted octanol–water partition coefficient (Wildman–Crippen LogP) is 3.26. The highest BCUT2D eigenvalue weighted by Crippen LogP contribution is 2.23. The molecule has 0 atom stereocenters. The van der Waals surface area contributed by atoms with E-state index in [-0.39, 0.29) is 0 Å². The van der Waals surface area contributed by atoms with Gasteiger partial charge in [0, 0.05) is 19.6 Å². The topological polar surface area (TPSA) is 40.5 Å². The second-order valence-corrected chi connectivity index (χ2v) is 5.72. The Bertz CT molecular complexity index is 601. The van der Waals surface area contributed by atoms with Gasteiger partial charge in [0.25, 0.3) is 0 Å². The summed E-state index contributed by atoms with van der Waals surface area (Å²) in [6.45, 7) is 2.70. The van der Waals surface area contributed by atoms with E-state index in [1.165, 1.54) is 16.7 Å². The Labute approximate surface area is 124 Å². The number of carboxylic acid groups (broad SMARTS) is 1. The minimum Gasteiger partial charge on any atom is -0.481 e. The first-order valence-corrected chi connectivity index (χ1v) is 7.29. The lowest BCUT2D eigenvalue weighted by molar-refractivity contribution is -0.139. The van der Waals surface area contributed by atoms with E-state index in [1.54, 1.807) is 0 Å². The van der Waals surface area contributed by atoms with Gasteiger partial charge < -0.3 is 5.11 Å². The fourth-order valence-electron chi connectivity index (χ4n) is 2.87. The van der Waals surface area contributed by atoms with E-state index in [4.69, 9.17) is 5.11 Å². The second kappa shape index (κ2) is 6.10. The quantitative estimate of drug-likeness (QED) is 0.914. The Morgan fingerprint density at radius 3 is 2.24 bits per heavy atom. The maximum absolute atomic E-state index is 10.6. The van der Waals surface area contributed by atoms with Crippen LogP contribution in [0.1, 0.15) is 12.0 Å². The van der Waals surface area contributed by atoms with E-state index in [9.17, 15) is 4.79 Å². The van der Waals surface area contributed by atoms with Gasteiger partial charge in [0.1, 0.15) is 0 Å². The van der Waals surface area contributed by atoms with Crippen molar-refractivity contribution < 1.29 is 9.90 Å². The molecule has 2 aromatic carbocycles. The van der Waals surface area contributed by atoms with Gasteiger partial charge in [-0.15, -0.1) is 0 Å². The lowest BCUT2D eigenvalue weighted by Gasteiger charge is -2.38. The Kier molecular flexibility index (Phi) is 4.02. The molecular weight excluding hydrogens is 262 g/mol. The number of benzene rings is 2. The van der Waals surface area contributed by atoms with Crippen LogP contribution >= 0.6 is 0 Å². The van der Waals surface area contributed by atoms with Gasteiger partial charge in [-0.3, -0.25) is 9.69 Å². The number of hydrogen-bond acceptors (Lipinski definition) is 2. The predicted molar refractivity (Wildman–Crippen MR) is 82.9 cm³/mol. The maximum Gasteiger partial charge on any atom is 0.303 e. The average molecular weight is 281 g/mol. The van der Waals surface area contributed by atoms with E-state index < -0.39 is 5.97 Å². The summed E-state index contributed by atoms with van der Waals surface area (Å²) < 4.78 is 0. The monoisotopic (exact) mass is 281 g/mol. The zero-order valence-corrected chi connectivity index (χ0v) is 11.9. The molecule has 1 saturated heterocycles. The summed E-state index contributed by atoms with van der Waals surface area (Å²) in [7, 11) is 0. The molecule has 2 aromatic rings. The van der Waals surface area contributed by atoms with Crippen molar-refractivity contribution in [2.75, 3.05) is 13.1 Å². The van der Waals surface area contributed by atoms with E-state index in [0.29, 0.717) is 12.3 Å². The molecule has 0 unspecified atom stereocenters. The number of carboxylic acids is 1. The van der Waals surface area contributed by atoms with E-state index in [0.717, 1.165) is 19.6 Å². The largest absolute Gasteiger partial charge is 0.481 e. The van der Waals surface area contributed by atoms with Crippen LogP contribution < -0.4 is 0 Å². The van der Waals surface area contributed by atoms with Crippen LogP contribution in [0.3, 0.4) is 0 Å². The van der Waals surface area contributed by atoms with Gasteiger partial charge in [-0.05, 0) is 22.6 Å². The molecule has 1 aliphatic rings. The molecule has 0 amide bonds. The van der Waals surface area contributed by atoms with Crippen molar-refractivity contribution in [3.8, 4) is 11.1 Å². The van der Waals surface area contributed by atoms with Crippen molar-refractivity contribution in [2.45, 2.75) is 13.0 Å². The third kappa shape index (κ3) is 3.50.